The van der Waals surface area contributed by atoms with Crippen molar-refractivity contribution in [3.8, 4) is 0 Å². The van der Waals surface area contributed by atoms with E-state index in [1.807, 2.05) is 31.2 Å². The Bertz CT molecular complexity index is 343. The van der Waals surface area contributed by atoms with Crippen LogP contribution in [-0.4, -0.2) is 18.7 Å². The maximum Gasteiger partial charge on any atom is 0.251 e. The number of nitrogens with one attached hydrogen (secondary N) is 1. The standard InChI is InChI=1S/C13H17NO2/c1-11-5-7-12(8-6-11)13(16)14-9-3-2-4-10-15/h5-8,10H,2-4,9H2,1H3,(H,14,16). The Balaban J connectivity index is 2.29. The lowest BCUT2D eigenvalue weighted by Gasteiger charge is -2.04. The van der Waals surface area contributed by atoms with Crippen molar-refractivity contribution in [2.24, 2.45) is 0 Å². The van der Waals surface area contributed by atoms with Gasteiger partial charge in [-0.25, -0.2) is 0 Å². The highest BCUT2D eigenvalue weighted by Crippen LogP contribution is 2.02. The number of aryl methyl sites for hydroxylation is 1. The monoisotopic (exact) mass is 219 g/mol. The SMILES string of the molecule is Cc1ccc(C(=O)NCCCCC=O)cc1. The minimum Gasteiger partial charge on any atom is -0.352 e. The third kappa shape index (κ3) is 4.26. The van der Waals surface area contributed by atoms with Gasteiger partial charge in [0.1, 0.15) is 6.29 Å². The van der Waals surface area contributed by atoms with Crippen molar-refractivity contribution in [1.29, 1.82) is 0 Å². The van der Waals surface area contributed by atoms with Crippen LogP contribution in [0.4, 0.5) is 0 Å². The second kappa shape index (κ2) is 6.77. The van der Waals surface area contributed by atoms with E-state index >= 15 is 0 Å². The predicted octanol–water partition coefficient (Wildman–Crippen LogP) is 2.09. The Hall–Kier alpha value is -1.64. The number of benzene rings is 1. The minimum atomic E-state index is -0.0499. The van der Waals surface area contributed by atoms with Gasteiger partial charge in [-0.15, -0.1) is 0 Å². The molecule has 0 fully saturated rings. The van der Waals surface area contributed by atoms with Crippen molar-refractivity contribution < 1.29 is 9.59 Å². The van der Waals surface area contributed by atoms with Crippen LogP contribution in [0.15, 0.2) is 24.3 Å². The van der Waals surface area contributed by atoms with Gasteiger partial charge >= 0.3 is 0 Å². The molecule has 3 nitrogen and oxygen atoms in total. The Morgan fingerprint density at radius 1 is 1.25 bits per heavy atom. The molecule has 1 aromatic carbocycles. The molecule has 0 aliphatic carbocycles. The molecule has 1 rings (SSSR count). The summed E-state index contributed by atoms with van der Waals surface area (Å²) in [7, 11) is 0. The van der Waals surface area contributed by atoms with Crippen LogP contribution in [0, 0.1) is 6.92 Å². The molecule has 1 amide bonds. The zero-order valence-corrected chi connectivity index (χ0v) is 9.53. The van der Waals surface area contributed by atoms with Crippen LogP contribution in [0.5, 0.6) is 0 Å². The highest BCUT2D eigenvalue weighted by molar-refractivity contribution is 5.94. The molecule has 1 aromatic rings. The number of rotatable bonds is 6. The van der Waals surface area contributed by atoms with Gasteiger partial charge in [-0.1, -0.05) is 17.7 Å². The lowest BCUT2D eigenvalue weighted by atomic mass is 10.1. The van der Waals surface area contributed by atoms with Gasteiger partial charge in [0.15, 0.2) is 0 Å². The van der Waals surface area contributed by atoms with Crippen LogP contribution in [-0.2, 0) is 4.79 Å². The first-order valence-corrected chi connectivity index (χ1v) is 5.52. The van der Waals surface area contributed by atoms with Crippen molar-refractivity contribution in [2.75, 3.05) is 6.54 Å². The largest absolute Gasteiger partial charge is 0.352 e. The van der Waals surface area contributed by atoms with E-state index in [0.29, 0.717) is 18.5 Å². The first-order valence-electron chi connectivity index (χ1n) is 5.52. The van der Waals surface area contributed by atoms with Crippen LogP contribution < -0.4 is 5.32 Å². The molecule has 0 unspecified atom stereocenters. The van der Waals surface area contributed by atoms with Crippen LogP contribution in [0.25, 0.3) is 0 Å². The lowest BCUT2D eigenvalue weighted by molar-refractivity contribution is -0.107. The summed E-state index contributed by atoms with van der Waals surface area (Å²) in [4.78, 5) is 21.7. The summed E-state index contributed by atoms with van der Waals surface area (Å²) in [5, 5.41) is 2.82. The molecule has 0 saturated carbocycles. The van der Waals surface area contributed by atoms with Crippen molar-refractivity contribution in [1.82, 2.24) is 5.32 Å². The third-order valence-electron chi connectivity index (χ3n) is 2.35. The molecular formula is C13H17NO2. The summed E-state index contributed by atoms with van der Waals surface area (Å²) in [5.74, 6) is -0.0499. The number of unbranched alkanes of at least 4 members (excludes halogenated alkanes) is 2. The van der Waals surface area contributed by atoms with Gasteiger partial charge in [-0.05, 0) is 31.9 Å². The van der Waals surface area contributed by atoms with E-state index < -0.39 is 0 Å². The van der Waals surface area contributed by atoms with Crippen molar-refractivity contribution >= 4 is 12.2 Å². The van der Waals surface area contributed by atoms with Crippen molar-refractivity contribution in [3.63, 3.8) is 0 Å². The molecule has 0 radical (unpaired) electrons. The number of amides is 1. The van der Waals surface area contributed by atoms with Gasteiger partial charge in [0, 0.05) is 18.5 Å². The quantitative estimate of drug-likeness (QED) is 0.588. The van der Waals surface area contributed by atoms with Crippen molar-refractivity contribution in [2.45, 2.75) is 26.2 Å². The Morgan fingerprint density at radius 2 is 1.94 bits per heavy atom. The summed E-state index contributed by atoms with van der Waals surface area (Å²) in [6, 6.07) is 7.47. The lowest BCUT2D eigenvalue weighted by Crippen LogP contribution is -2.24. The Kier molecular flexibility index (Phi) is 5.26. The third-order valence-corrected chi connectivity index (χ3v) is 2.35. The summed E-state index contributed by atoms with van der Waals surface area (Å²) >= 11 is 0. The maximum atomic E-state index is 11.6. The zero-order chi connectivity index (χ0) is 11.8. The summed E-state index contributed by atoms with van der Waals surface area (Å²) in [5.41, 5.74) is 1.82. The molecule has 0 aromatic heterocycles. The van der Waals surface area contributed by atoms with E-state index in [4.69, 9.17) is 0 Å². The molecule has 3 heteroatoms. The highest BCUT2D eigenvalue weighted by atomic mass is 16.1. The minimum absolute atomic E-state index is 0.0499. The number of hydrogen-bond donors (Lipinski definition) is 1. The van der Waals surface area contributed by atoms with E-state index in [2.05, 4.69) is 5.32 Å². The molecule has 0 atom stereocenters. The van der Waals surface area contributed by atoms with E-state index in [1.54, 1.807) is 0 Å². The molecule has 0 spiro atoms. The molecule has 1 N–H and O–H groups in total. The highest BCUT2D eigenvalue weighted by Gasteiger charge is 2.03. The number of carbonyl (C=O) groups is 2. The fourth-order valence-electron chi connectivity index (χ4n) is 1.36. The molecule has 0 heterocycles. The van der Waals surface area contributed by atoms with Crippen molar-refractivity contribution in [3.05, 3.63) is 35.4 Å². The van der Waals surface area contributed by atoms with E-state index in [0.717, 1.165) is 24.7 Å². The van der Waals surface area contributed by atoms with E-state index in [9.17, 15) is 9.59 Å². The average molecular weight is 219 g/mol. The van der Waals surface area contributed by atoms with Gasteiger partial charge in [-0.3, -0.25) is 4.79 Å². The number of carbonyl (C=O) groups excluding carboxylic acids is 2. The second-order valence-electron chi connectivity index (χ2n) is 3.78. The first kappa shape index (κ1) is 12.4. The fourth-order valence-corrected chi connectivity index (χ4v) is 1.36. The van der Waals surface area contributed by atoms with Crippen LogP contribution >= 0.6 is 0 Å². The Morgan fingerprint density at radius 3 is 2.56 bits per heavy atom. The van der Waals surface area contributed by atoms with Gasteiger partial charge in [0.05, 0.1) is 0 Å². The zero-order valence-electron chi connectivity index (χ0n) is 9.53. The van der Waals surface area contributed by atoms with E-state index in [1.165, 1.54) is 0 Å². The maximum absolute atomic E-state index is 11.6. The smallest absolute Gasteiger partial charge is 0.251 e. The van der Waals surface area contributed by atoms with Gasteiger partial charge < -0.3 is 10.1 Å². The molecule has 0 aliphatic heterocycles. The Labute approximate surface area is 95.9 Å². The molecule has 0 bridgehead atoms. The summed E-state index contributed by atoms with van der Waals surface area (Å²) < 4.78 is 0. The predicted molar refractivity (Wildman–Crippen MR) is 63.4 cm³/mol. The molecule has 86 valence electrons. The van der Waals surface area contributed by atoms with Crippen LogP contribution in [0.3, 0.4) is 0 Å². The molecule has 16 heavy (non-hydrogen) atoms. The topological polar surface area (TPSA) is 46.2 Å². The molecular weight excluding hydrogens is 202 g/mol. The summed E-state index contributed by atoms with van der Waals surface area (Å²) in [6.07, 6.45) is 3.15. The molecule has 0 saturated heterocycles. The van der Waals surface area contributed by atoms with E-state index in [-0.39, 0.29) is 5.91 Å². The average Bonchev–Trinajstić information content (AvgIpc) is 2.29. The normalized spacial score (nSPS) is 9.81. The molecule has 0 aliphatic rings. The number of aldehydes is 1. The van der Waals surface area contributed by atoms with Crippen LogP contribution in [0.2, 0.25) is 0 Å². The first-order chi connectivity index (χ1) is 7.74. The van der Waals surface area contributed by atoms with Crippen LogP contribution in [0.1, 0.15) is 35.2 Å². The van der Waals surface area contributed by atoms with Gasteiger partial charge in [0.2, 0.25) is 0 Å². The van der Waals surface area contributed by atoms with Gasteiger partial charge in [-0.2, -0.15) is 0 Å². The van der Waals surface area contributed by atoms with Gasteiger partial charge in [0.25, 0.3) is 5.91 Å². The summed E-state index contributed by atoms with van der Waals surface area (Å²) in [6.45, 7) is 2.61. The fraction of sp³-hybridized carbons (Fsp3) is 0.385. The second-order valence-corrected chi connectivity index (χ2v) is 3.78. The number of hydrogen-bond acceptors (Lipinski definition) is 2.